The average Bonchev–Trinajstić information content (AvgIpc) is 2.89. The number of ether oxygens (including phenoxy) is 2. The van der Waals surface area contributed by atoms with Crippen LogP contribution >= 0.6 is 16.1 Å². The van der Waals surface area contributed by atoms with Crippen molar-refractivity contribution in [2.24, 2.45) is 0 Å². The van der Waals surface area contributed by atoms with Gasteiger partial charge in [0.05, 0.1) is 24.9 Å². The third-order valence-electron chi connectivity index (χ3n) is 7.35. The normalized spacial score (nSPS) is 36.6. The lowest BCUT2D eigenvalue weighted by Crippen LogP contribution is -2.58. The van der Waals surface area contributed by atoms with Crippen molar-refractivity contribution in [3.05, 3.63) is 0 Å². The molecule has 12 nitrogen and oxygen atoms in total. The zero-order chi connectivity index (χ0) is 27.5. The number of rotatable bonds is 15. The van der Waals surface area contributed by atoms with Gasteiger partial charge in [-0.2, -0.15) is 0 Å². The second-order valence-corrected chi connectivity index (χ2v) is 10.6. The van der Waals surface area contributed by atoms with Crippen LogP contribution in [-0.4, -0.2) is 134 Å². The molecule has 2 fully saturated rings. The van der Waals surface area contributed by atoms with Crippen molar-refractivity contribution in [2.45, 2.75) is 119 Å². The summed E-state index contributed by atoms with van der Waals surface area (Å²) in [6.45, 7) is 3.34. The molecule has 2 rings (SSSR count). The Hall–Kier alpha value is -0.450. The number of hydrogen-bond acceptors (Lipinski definition) is 11. The minimum absolute atomic E-state index is 0.0658. The van der Waals surface area contributed by atoms with Crippen LogP contribution in [0.1, 0.15) is 58.3 Å². The van der Waals surface area contributed by atoms with Gasteiger partial charge in [0.2, 0.25) is 5.91 Å². The lowest BCUT2D eigenvalue weighted by atomic mass is 9.92. The minimum Gasteiger partial charge on any atom is -0.394 e. The van der Waals surface area contributed by atoms with Gasteiger partial charge in [-0.3, -0.25) is 9.14 Å². The SMILES string of the molecule is C[C@@H]1O[C@@H](CCCN(CCCCCC(=O)NBr)CCC[C@H]2O[C@H](CO)[C@@H](O)[C@H](O)[C@H]2O)[C@@H](O)[C@H](O)[C@@H]1O. The van der Waals surface area contributed by atoms with E-state index in [1.807, 2.05) is 0 Å². The summed E-state index contributed by atoms with van der Waals surface area (Å²) in [5, 5.41) is 69.9. The van der Waals surface area contributed by atoms with Gasteiger partial charge in [-0.1, -0.05) is 6.42 Å². The fraction of sp³-hybridized carbons (Fsp3) is 0.958. The molecule has 2 aliphatic rings. The molecule has 0 saturated carbocycles. The molecule has 0 bridgehead atoms. The summed E-state index contributed by atoms with van der Waals surface area (Å²) in [4.78, 5) is 13.6. The van der Waals surface area contributed by atoms with Gasteiger partial charge in [-0.15, -0.1) is 0 Å². The Morgan fingerprint density at radius 2 is 1.24 bits per heavy atom. The fourth-order valence-electron chi connectivity index (χ4n) is 5.00. The van der Waals surface area contributed by atoms with Crippen LogP contribution in [0.4, 0.5) is 0 Å². The summed E-state index contributed by atoms with van der Waals surface area (Å²) in [7, 11) is 0. The topological polar surface area (TPSA) is 192 Å². The van der Waals surface area contributed by atoms with Gasteiger partial charge in [-0.05, 0) is 65.1 Å². The van der Waals surface area contributed by atoms with Crippen molar-refractivity contribution in [2.75, 3.05) is 26.2 Å². The first kappa shape index (κ1) is 32.8. The van der Waals surface area contributed by atoms with Gasteiger partial charge in [0.25, 0.3) is 0 Å². The molecular weight excluding hydrogens is 556 g/mol. The van der Waals surface area contributed by atoms with Crippen LogP contribution in [0.2, 0.25) is 0 Å². The van der Waals surface area contributed by atoms with Crippen LogP contribution in [0.3, 0.4) is 0 Å². The molecule has 218 valence electrons. The van der Waals surface area contributed by atoms with E-state index in [4.69, 9.17) is 9.47 Å². The van der Waals surface area contributed by atoms with E-state index in [-0.39, 0.29) is 5.91 Å². The Kier molecular flexibility index (Phi) is 14.7. The first-order valence-corrected chi connectivity index (χ1v) is 14.0. The Balaban J connectivity index is 1.84. The zero-order valence-electron chi connectivity index (χ0n) is 21.4. The largest absolute Gasteiger partial charge is 0.394 e. The van der Waals surface area contributed by atoms with Gasteiger partial charge >= 0.3 is 0 Å². The highest BCUT2D eigenvalue weighted by atomic mass is 79.9. The standard InChI is InChI=1S/C24H45BrN2O10/c1-14-19(30)23(34)20(31)15(36-14)7-5-11-27(10-4-2-3-9-18(29)26-25)12-6-8-16-21(32)24(35)22(33)17(13-28)37-16/h14-17,19-24,28,30-35H,2-13H2,1H3,(H,26,29)/t14-,15-,16+,17+,19+,20+,21-,22+,23+,24+/m0/s1. The number of aliphatic hydroxyl groups is 7. The molecule has 0 aromatic carbocycles. The predicted octanol–water partition coefficient (Wildman–Crippen LogP) is -1.45. The number of halogens is 1. The van der Waals surface area contributed by atoms with E-state index in [2.05, 4.69) is 25.4 Å². The van der Waals surface area contributed by atoms with Gasteiger partial charge in [0.15, 0.2) is 0 Å². The van der Waals surface area contributed by atoms with Crippen molar-refractivity contribution in [3.8, 4) is 0 Å². The van der Waals surface area contributed by atoms with Crippen LogP contribution in [0.25, 0.3) is 0 Å². The molecular formula is C24H45BrN2O10. The summed E-state index contributed by atoms with van der Waals surface area (Å²) in [6.07, 6.45) is -5.14. The number of nitrogens with zero attached hydrogens (tertiary/aromatic N) is 1. The molecule has 13 heteroatoms. The van der Waals surface area contributed by atoms with E-state index < -0.39 is 67.6 Å². The summed E-state index contributed by atoms with van der Waals surface area (Å²) in [6, 6.07) is 0. The number of carbonyl (C=O) groups is 1. The smallest absolute Gasteiger partial charge is 0.229 e. The van der Waals surface area contributed by atoms with E-state index in [0.29, 0.717) is 45.2 Å². The van der Waals surface area contributed by atoms with Crippen molar-refractivity contribution in [1.82, 2.24) is 9.24 Å². The number of unbranched alkanes of at least 4 members (excludes halogenated alkanes) is 2. The molecule has 0 aromatic rings. The molecule has 37 heavy (non-hydrogen) atoms. The van der Waals surface area contributed by atoms with Crippen molar-refractivity contribution in [1.29, 1.82) is 0 Å². The minimum atomic E-state index is -1.39. The Bertz CT molecular complexity index is 663. The van der Waals surface area contributed by atoms with Crippen LogP contribution < -0.4 is 4.34 Å². The number of amides is 1. The van der Waals surface area contributed by atoms with Crippen LogP contribution in [-0.2, 0) is 14.3 Å². The Morgan fingerprint density at radius 3 is 1.81 bits per heavy atom. The molecule has 0 spiro atoms. The maximum atomic E-state index is 11.4. The van der Waals surface area contributed by atoms with Gasteiger partial charge in [0, 0.05) is 22.6 Å². The van der Waals surface area contributed by atoms with Gasteiger partial charge < -0.3 is 50.1 Å². The highest BCUT2D eigenvalue weighted by molar-refractivity contribution is 9.08. The lowest BCUT2D eigenvalue weighted by molar-refractivity contribution is -0.230. The number of carbonyl (C=O) groups excluding carboxylic acids is 1. The third-order valence-corrected chi connectivity index (χ3v) is 7.79. The van der Waals surface area contributed by atoms with Crippen LogP contribution in [0, 0.1) is 0 Å². The molecule has 10 atom stereocenters. The monoisotopic (exact) mass is 600 g/mol. The number of aliphatic hydroxyl groups excluding tert-OH is 7. The molecule has 1 amide bonds. The average molecular weight is 602 g/mol. The summed E-state index contributed by atoms with van der Waals surface area (Å²) in [5.74, 6) is -0.0658. The summed E-state index contributed by atoms with van der Waals surface area (Å²) >= 11 is 2.93. The van der Waals surface area contributed by atoms with Crippen LogP contribution in [0.5, 0.6) is 0 Å². The first-order valence-electron chi connectivity index (χ1n) is 13.2. The van der Waals surface area contributed by atoms with Crippen molar-refractivity contribution >= 4 is 22.1 Å². The second-order valence-electron chi connectivity index (χ2n) is 10.2. The predicted molar refractivity (Wildman–Crippen MR) is 137 cm³/mol. The maximum absolute atomic E-state index is 11.4. The molecule has 0 unspecified atom stereocenters. The fourth-order valence-corrected chi connectivity index (χ4v) is 5.20. The molecule has 8 N–H and O–H groups in total. The quantitative estimate of drug-likeness (QED) is 0.0809. The summed E-state index contributed by atoms with van der Waals surface area (Å²) < 4.78 is 13.7. The van der Waals surface area contributed by atoms with E-state index >= 15 is 0 Å². The molecule has 2 saturated heterocycles. The van der Waals surface area contributed by atoms with Gasteiger partial charge in [-0.25, -0.2) is 0 Å². The maximum Gasteiger partial charge on any atom is 0.229 e. The molecule has 0 radical (unpaired) electrons. The van der Waals surface area contributed by atoms with Crippen molar-refractivity contribution in [3.63, 3.8) is 0 Å². The summed E-state index contributed by atoms with van der Waals surface area (Å²) in [5.41, 5.74) is 0. The van der Waals surface area contributed by atoms with Crippen LogP contribution in [0.15, 0.2) is 0 Å². The second kappa shape index (κ2) is 16.6. The number of hydrogen-bond donors (Lipinski definition) is 8. The Labute approximate surface area is 226 Å². The molecule has 2 heterocycles. The van der Waals surface area contributed by atoms with E-state index in [0.717, 1.165) is 25.8 Å². The molecule has 0 aromatic heterocycles. The highest BCUT2D eigenvalue weighted by Crippen LogP contribution is 2.25. The first-order chi connectivity index (χ1) is 17.6. The Morgan fingerprint density at radius 1 is 0.730 bits per heavy atom. The van der Waals surface area contributed by atoms with Gasteiger partial charge in [0.1, 0.15) is 42.7 Å². The molecule has 2 aliphatic heterocycles. The van der Waals surface area contributed by atoms with E-state index in [1.54, 1.807) is 6.92 Å². The molecule has 0 aliphatic carbocycles. The lowest BCUT2D eigenvalue weighted by Gasteiger charge is -2.40. The number of nitrogens with one attached hydrogen (secondary N) is 1. The van der Waals surface area contributed by atoms with Crippen molar-refractivity contribution < 1.29 is 50.0 Å². The third kappa shape index (κ3) is 9.91. The highest BCUT2D eigenvalue weighted by Gasteiger charge is 2.43. The van der Waals surface area contributed by atoms with E-state index in [1.165, 1.54) is 0 Å². The zero-order valence-corrected chi connectivity index (χ0v) is 23.0. The van der Waals surface area contributed by atoms with E-state index in [9.17, 15) is 40.5 Å².